The molecule has 0 saturated carbocycles. The van der Waals surface area contributed by atoms with Gasteiger partial charge >= 0.3 is 0 Å². The number of pyridine rings is 1. The van der Waals surface area contributed by atoms with E-state index < -0.39 is 0 Å². The van der Waals surface area contributed by atoms with Gasteiger partial charge in [0.15, 0.2) is 0 Å². The van der Waals surface area contributed by atoms with Crippen molar-refractivity contribution < 1.29 is 9.36 Å². The number of hydrogen-bond donors (Lipinski definition) is 0. The lowest BCUT2D eigenvalue weighted by Gasteiger charge is -2.15. The first kappa shape index (κ1) is 21.7. The maximum absolute atomic E-state index is 13.1. The number of rotatable bonds is 5. The number of benzene rings is 2. The summed E-state index contributed by atoms with van der Waals surface area (Å²) in [6.45, 7) is 6.96. The lowest BCUT2D eigenvalue weighted by molar-refractivity contribution is -0.669. The van der Waals surface area contributed by atoms with Crippen LogP contribution in [0.25, 0.3) is 23.2 Å². The van der Waals surface area contributed by atoms with Crippen molar-refractivity contribution in [3.8, 4) is 0 Å². The van der Waals surface area contributed by atoms with Gasteiger partial charge in [0.25, 0.3) is 5.56 Å². The number of amides is 1. The van der Waals surface area contributed by atoms with Gasteiger partial charge in [0.05, 0.1) is 0 Å². The lowest BCUT2D eigenvalue weighted by Crippen LogP contribution is -2.38. The van der Waals surface area contributed by atoms with Crippen LogP contribution in [0.5, 0.6) is 0 Å². The van der Waals surface area contributed by atoms with Gasteiger partial charge in [-0.2, -0.15) is 4.57 Å². The second kappa shape index (κ2) is 9.32. The van der Waals surface area contributed by atoms with Gasteiger partial charge in [0.2, 0.25) is 17.1 Å². The van der Waals surface area contributed by atoms with E-state index in [9.17, 15) is 9.59 Å². The van der Waals surface area contributed by atoms with Crippen molar-refractivity contribution in [2.75, 3.05) is 4.90 Å². The van der Waals surface area contributed by atoms with Crippen LogP contribution < -0.4 is 24.2 Å². The van der Waals surface area contributed by atoms with E-state index in [2.05, 4.69) is 41.8 Å². The quantitative estimate of drug-likeness (QED) is 0.444. The summed E-state index contributed by atoms with van der Waals surface area (Å²) in [5.74, 6) is -0.143. The molecule has 4 rings (SSSR count). The number of aromatic nitrogens is 2. The lowest BCUT2D eigenvalue weighted by atomic mass is 10.2. The molecule has 0 aliphatic heterocycles. The number of anilines is 1. The molecule has 0 aliphatic rings. The highest BCUT2D eigenvalue weighted by Gasteiger charge is 2.14. The molecule has 0 saturated heterocycles. The molecule has 2 aromatic carbocycles. The third-order valence-corrected chi connectivity index (χ3v) is 6.48. The third kappa shape index (κ3) is 4.14. The molecular weight excluding hydrogens is 418 g/mol. The standard InChI is InChI=1S/C26H26N3O2S/c1-4-27-22(16-15-20-11-9-10-14-23(20)27)17-25-28(5-2)26(31)24(32-25)18-29(19(3)30)21-12-7-6-8-13-21/h6-18H,4-5H2,1-3H3/q+1/b24-18+. The van der Waals surface area contributed by atoms with Gasteiger partial charge < -0.3 is 0 Å². The molecule has 0 atom stereocenters. The molecule has 162 valence electrons. The van der Waals surface area contributed by atoms with E-state index in [1.165, 1.54) is 28.5 Å². The van der Waals surface area contributed by atoms with E-state index in [1.54, 1.807) is 10.8 Å². The van der Waals surface area contributed by atoms with Gasteiger partial charge in [-0.1, -0.05) is 30.3 Å². The number of carbonyl (C=O) groups is 1. The number of aryl methyl sites for hydroxylation is 1. The van der Waals surface area contributed by atoms with E-state index in [0.29, 0.717) is 11.1 Å². The predicted molar refractivity (Wildman–Crippen MR) is 131 cm³/mol. The Hall–Kier alpha value is -3.51. The maximum Gasteiger partial charge on any atom is 0.270 e. The zero-order chi connectivity index (χ0) is 22.7. The Morgan fingerprint density at radius 1 is 1.03 bits per heavy atom. The Morgan fingerprint density at radius 2 is 1.75 bits per heavy atom. The molecule has 0 aliphatic carbocycles. The Balaban J connectivity index is 1.91. The Bertz CT molecular complexity index is 1450. The fourth-order valence-corrected chi connectivity index (χ4v) is 4.95. The first-order valence-electron chi connectivity index (χ1n) is 10.7. The molecule has 0 spiro atoms. The number of hydrogen-bond acceptors (Lipinski definition) is 3. The highest BCUT2D eigenvalue weighted by molar-refractivity contribution is 7.07. The monoisotopic (exact) mass is 444 g/mol. The summed E-state index contributed by atoms with van der Waals surface area (Å²) in [4.78, 5) is 27.0. The van der Waals surface area contributed by atoms with Crippen LogP contribution in [-0.2, 0) is 17.9 Å². The molecule has 0 N–H and O–H groups in total. The molecule has 0 fully saturated rings. The summed E-state index contributed by atoms with van der Waals surface area (Å²) in [5, 5.41) is 1.18. The van der Waals surface area contributed by atoms with Gasteiger partial charge in [-0.25, -0.2) is 0 Å². The van der Waals surface area contributed by atoms with Crippen LogP contribution in [0.4, 0.5) is 5.69 Å². The van der Waals surface area contributed by atoms with Crippen LogP contribution in [0.1, 0.15) is 26.5 Å². The van der Waals surface area contributed by atoms with E-state index in [-0.39, 0.29) is 11.5 Å². The summed E-state index contributed by atoms with van der Waals surface area (Å²) in [7, 11) is 0. The number of nitrogens with zero attached hydrogens (tertiary/aromatic N) is 3. The van der Waals surface area contributed by atoms with Gasteiger partial charge in [-0.3, -0.25) is 19.1 Å². The van der Waals surface area contributed by atoms with Crippen molar-refractivity contribution in [2.24, 2.45) is 0 Å². The average Bonchev–Trinajstić information content (AvgIpc) is 3.11. The second-order valence-electron chi connectivity index (χ2n) is 7.41. The summed E-state index contributed by atoms with van der Waals surface area (Å²) in [6, 6.07) is 21.9. The van der Waals surface area contributed by atoms with Crippen molar-refractivity contribution in [3.63, 3.8) is 0 Å². The number of fused-ring (bicyclic) bond motifs is 1. The van der Waals surface area contributed by atoms with Gasteiger partial charge in [0, 0.05) is 49.0 Å². The van der Waals surface area contributed by atoms with Crippen molar-refractivity contribution in [1.82, 2.24) is 4.57 Å². The molecule has 6 heteroatoms. The number of carbonyl (C=O) groups excluding carboxylic acids is 1. The minimum Gasteiger partial charge on any atom is -0.299 e. The van der Waals surface area contributed by atoms with Crippen LogP contribution in [0.3, 0.4) is 0 Å². The Kier molecular flexibility index (Phi) is 6.32. The topological polar surface area (TPSA) is 46.2 Å². The molecular formula is C26H26N3O2S+. The van der Waals surface area contributed by atoms with E-state index in [0.717, 1.165) is 28.1 Å². The van der Waals surface area contributed by atoms with Crippen LogP contribution in [0.15, 0.2) is 71.5 Å². The summed E-state index contributed by atoms with van der Waals surface area (Å²) in [6.07, 6.45) is 3.71. The summed E-state index contributed by atoms with van der Waals surface area (Å²) in [5.41, 5.74) is 2.84. The zero-order valence-corrected chi connectivity index (χ0v) is 19.3. The molecule has 0 unspecified atom stereocenters. The minimum absolute atomic E-state index is 0.0882. The van der Waals surface area contributed by atoms with E-state index in [1.807, 2.05) is 49.4 Å². The van der Waals surface area contributed by atoms with Crippen molar-refractivity contribution in [1.29, 1.82) is 0 Å². The van der Waals surface area contributed by atoms with Crippen LogP contribution >= 0.6 is 11.3 Å². The molecule has 0 radical (unpaired) electrons. The van der Waals surface area contributed by atoms with Gasteiger partial charge in [-0.15, -0.1) is 11.3 Å². The zero-order valence-electron chi connectivity index (χ0n) is 18.5. The number of para-hydroxylation sites is 2. The average molecular weight is 445 g/mol. The van der Waals surface area contributed by atoms with Crippen molar-refractivity contribution >= 4 is 46.1 Å². The highest BCUT2D eigenvalue weighted by Crippen LogP contribution is 2.14. The van der Waals surface area contributed by atoms with Crippen molar-refractivity contribution in [3.05, 3.63) is 92.0 Å². The van der Waals surface area contributed by atoms with Crippen molar-refractivity contribution in [2.45, 2.75) is 33.9 Å². The van der Waals surface area contributed by atoms with Crippen LogP contribution in [0, 0.1) is 0 Å². The Labute approximate surface area is 190 Å². The molecule has 2 aromatic heterocycles. The maximum atomic E-state index is 13.1. The largest absolute Gasteiger partial charge is 0.299 e. The highest BCUT2D eigenvalue weighted by atomic mass is 32.1. The third-order valence-electron chi connectivity index (χ3n) is 5.43. The molecule has 1 amide bonds. The van der Waals surface area contributed by atoms with E-state index >= 15 is 0 Å². The first-order chi connectivity index (χ1) is 15.5. The SMILES string of the molecule is CCn1c(=O)/c(=C\N(C(C)=O)c2ccccc2)s/c1=C\c1ccc2ccccc2[n+]1CC. The first-order valence-corrected chi connectivity index (χ1v) is 11.5. The molecule has 0 bridgehead atoms. The normalized spacial score (nSPS) is 12.5. The van der Waals surface area contributed by atoms with Crippen LogP contribution in [-0.4, -0.2) is 10.5 Å². The van der Waals surface area contributed by atoms with E-state index in [4.69, 9.17) is 0 Å². The fraction of sp³-hybridized carbons (Fsp3) is 0.192. The molecule has 32 heavy (non-hydrogen) atoms. The fourth-order valence-electron chi connectivity index (χ4n) is 3.87. The van der Waals surface area contributed by atoms with Gasteiger partial charge in [0.1, 0.15) is 15.7 Å². The Morgan fingerprint density at radius 3 is 2.44 bits per heavy atom. The summed E-state index contributed by atoms with van der Waals surface area (Å²) < 4.78 is 5.39. The molecule has 2 heterocycles. The smallest absolute Gasteiger partial charge is 0.270 e. The number of thiazole rings is 1. The predicted octanol–water partition coefficient (Wildman–Crippen LogP) is 3.01. The molecule has 5 nitrogen and oxygen atoms in total. The second-order valence-corrected chi connectivity index (χ2v) is 8.48. The minimum atomic E-state index is -0.143. The van der Waals surface area contributed by atoms with Crippen LogP contribution in [0.2, 0.25) is 0 Å². The van der Waals surface area contributed by atoms with Gasteiger partial charge in [-0.05, 0) is 38.1 Å². The molecule has 4 aromatic rings. The summed E-state index contributed by atoms with van der Waals surface area (Å²) >= 11 is 1.40.